The molecule has 0 aliphatic carbocycles. The normalized spacial score (nSPS) is 12.1. The number of rotatable bonds is 4. The molecule has 1 amide bonds. The molecular weight excluding hydrogens is 235 g/mol. The van der Waals surface area contributed by atoms with E-state index in [1.807, 2.05) is 0 Å². The number of carbonyl (C=O) groups excluding carboxylic acids is 1. The van der Waals surface area contributed by atoms with Crippen molar-refractivity contribution in [3.8, 4) is 0 Å². The van der Waals surface area contributed by atoms with Crippen molar-refractivity contribution in [2.24, 2.45) is 5.73 Å². The molecule has 18 heavy (non-hydrogen) atoms. The van der Waals surface area contributed by atoms with Crippen molar-refractivity contribution in [2.75, 3.05) is 5.32 Å². The van der Waals surface area contributed by atoms with Crippen molar-refractivity contribution in [2.45, 2.75) is 12.5 Å². The SMILES string of the molecule is NC(CC(=O)Nc1ncc[nH]1)c1ccccc1F. The van der Waals surface area contributed by atoms with Crippen LogP contribution >= 0.6 is 0 Å². The summed E-state index contributed by atoms with van der Waals surface area (Å²) >= 11 is 0. The molecule has 0 aliphatic heterocycles. The zero-order chi connectivity index (χ0) is 13.0. The molecule has 2 aromatic rings. The minimum atomic E-state index is -0.679. The van der Waals surface area contributed by atoms with Gasteiger partial charge in [0.1, 0.15) is 5.82 Å². The van der Waals surface area contributed by atoms with Gasteiger partial charge in [-0.1, -0.05) is 18.2 Å². The van der Waals surface area contributed by atoms with Gasteiger partial charge in [-0.3, -0.25) is 10.1 Å². The van der Waals surface area contributed by atoms with E-state index in [-0.39, 0.29) is 12.3 Å². The van der Waals surface area contributed by atoms with E-state index in [1.165, 1.54) is 12.3 Å². The first-order valence-electron chi connectivity index (χ1n) is 5.46. The number of nitrogens with two attached hydrogens (primary N) is 1. The zero-order valence-electron chi connectivity index (χ0n) is 9.56. The highest BCUT2D eigenvalue weighted by Crippen LogP contribution is 2.17. The number of nitrogens with zero attached hydrogens (tertiary/aromatic N) is 1. The Morgan fingerprint density at radius 2 is 2.28 bits per heavy atom. The number of amides is 1. The van der Waals surface area contributed by atoms with Gasteiger partial charge in [0.15, 0.2) is 0 Å². The summed E-state index contributed by atoms with van der Waals surface area (Å²) in [6.45, 7) is 0. The van der Waals surface area contributed by atoms with Gasteiger partial charge in [-0.15, -0.1) is 0 Å². The number of benzene rings is 1. The minimum absolute atomic E-state index is 0.0123. The molecule has 0 aliphatic rings. The molecule has 1 heterocycles. The Labute approximate surface area is 103 Å². The lowest BCUT2D eigenvalue weighted by Crippen LogP contribution is -2.21. The fourth-order valence-corrected chi connectivity index (χ4v) is 1.60. The van der Waals surface area contributed by atoms with Crippen LogP contribution in [-0.4, -0.2) is 15.9 Å². The highest BCUT2D eigenvalue weighted by molar-refractivity contribution is 5.89. The van der Waals surface area contributed by atoms with Gasteiger partial charge in [-0.25, -0.2) is 9.37 Å². The summed E-state index contributed by atoms with van der Waals surface area (Å²) in [6.07, 6.45) is 3.10. The number of aromatic nitrogens is 2. The maximum absolute atomic E-state index is 13.4. The fraction of sp³-hybridized carbons (Fsp3) is 0.167. The molecule has 0 saturated carbocycles. The second-order valence-corrected chi connectivity index (χ2v) is 3.82. The van der Waals surface area contributed by atoms with Gasteiger partial charge in [0.05, 0.1) is 0 Å². The lowest BCUT2D eigenvalue weighted by Gasteiger charge is -2.12. The molecule has 6 heteroatoms. The van der Waals surface area contributed by atoms with Gasteiger partial charge in [0.2, 0.25) is 11.9 Å². The Bertz CT molecular complexity index is 527. The Balaban J connectivity index is 1.97. The summed E-state index contributed by atoms with van der Waals surface area (Å²) in [5.41, 5.74) is 6.12. The van der Waals surface area contributed by atoms with Crippen LogP contribution < -0.4 is 11.1 Å². The molecular formula is C12H13FN4O. The summed E-state index contributed by atoms with van der Waals surface area (Å²) in [7, 11) is 0. The number of carbonyl (C=O) groups is 1. The molecule has 1 unspecified atom stereocenters. The molecule has 0 radical (unpaired) electrons. The smallest absolute Gasteiger partial charge is 0.228 e. The molecule has 0 fully saturated rings. The predicted molar refractivity (Wildman–Crippen MR) is 65.2 cm³/mol. The van der Waals surface area contributed by atoms with E-state index in [1.54, 1.807) is 24.4 Å². The van der Waals surface area contributed by atoms with Crippen LogP contribution in [0.15, 0.2) is 36.7 Å². The van der Waals surface area contributed by atoms with E-state index >= 15 is 0 Å². The number of H-pyrrole nitrogens is 1. The number of nitrogens with one attached hydrogen (secondary N) is 2. The molecule has 1 atom stereocenters. The van der Waals surface area contributed by atoms with E-state index < -0.39 is 11.9 Å². The quantitative estimate of drug-likeness (QED) is 0.768. The van der Waals surface area contributed by atoms with E-state index in [0.29, 0.717) is 11.5 Å². The monoisotopic (exact) mass is 248 g/mol. The van der Waals surface area contributed by atoms with Crippen LogP contribution in [0.2, 0.25) is 0 Å². The summed E-state index contributed by atoms with van der Waals surface area (Å²) in [6, 6.07) is 5.47. The van der Waals surface area contributed by atoms with Gasteiger partial charge in [0.25, 0.3) is 0 Å². The molecule has 2 rings (SSSR count). The van der Waals surface area contributed by atoms with Gasteiger partial charge in [-0.2, -0.15) is 0 Å². The topological polar surface area (TPSA) is 83.8 Å². The maximum Gasteiger partial charge on any atom is 0.228 e. The summed E-state index contributed by atoms with van der Waals surface area (Å²) in [5, 5.41) is 2.53. The Kier molecular flexibility index (Phi) is 3.69. The van der Waals surface area contributed by atoms with E-state index in [9.17, 15) is 9.18 Å². The predicted octanol–water partition coefficient (Wildman–Crippen LogP) is 1.58. The third-order valence-electron chi connectivity index (χ3n) is 2.47. The second-order valence-electron chi connectivity index (χ2n) is 3.82. The third-order valence-corrected chi connectivity index (χ3v) is 2.47. The minimum Gasteiger partial charge on any atom is -0.331 e. The van der Waals surface area contributed by atoms with Crippen LogP contribution in [0.4, 0.5) is 10.3 Å². The summed E-state index contributed by atoms with van der Waals surface area (Å²) in [4.78, 5) is 18.2. The van der Waals surface area contributed by atoms with E-state index in [0.717, 1.165) is 0 Å². The standard InChI is InChI=1S/C12H13FN4O/c13-9-4-2-1-3-8(9)10(14)7-11(18)17-12-15-5-6-16-12/h1-6,10H,7,14H2,(H2,15,16,17,18). The number of anilines is 1. The Hall–Kier alpha value is -2.21. The third kappa shape index (κ3) is 2.92. The van der Waals surface area contributed by atoms with Crippen molar-refractivity contribution in [1.82, 2.24) is 9.97 Å². The molecule has 0 bridgehead atoms. The highest BCUT2D eigenvalue weighted by Gasteiger charge is 2.15. The summed E-state index contributed by atoms with van der Waals surface area (Å²) in [5.74, 6) is -0.378. The van der Waals surface area contributed by atoms with Crippen LogP contribution in [-0.2, 0) is 4.79 Å². The number of halogens is 1. The van der Waals surface area contributed by atoms with Crippen LogP contribution in [0, 0.1) is 5.82 Å². The van der Waals surface area contributed by atoms with E-state index in [2.05, 4.69) is 15.3 Å². The van der Waals surface area contributed by atoms with Crippen LogP contribution in [0.5, 0.6) is 0 Å². The van der Waals surface area contributed by atoms with Crippen LogP contribution in [0.25, 0.3) is 0 Å². The van der Waals surface area contributed by atoms with Crippen molar-refractivity contribution in [3.63, 3.8) is 0 Å². The molecule has 1 aromatic heterocycles. The largest absolute Gasteiger partial charge is 0.331 e. The first-order chi connectivity index (χ1) is 8.66. The van der Waals surface area contributed by atoms with Crippen molar-refractivity contribution in [3.05, 3.63) is 48.0 Å². The molecule has 1 aromatic carbocycles. The Morgan fingerprint density at radius 3 is 2.94 bits per heavy atom. The van der Waals surface area contributed by atoms with Gasteiger partial charge < -0.3 is 10.7 Å². The fourth-order valence-electron chi connectivity index (χ4n) is 1.60. The second kappa shape index (κ2) is 5.42. The first kappa shape index (κ1) is 12.3. The van der Waals surface area contributed by atoms with Crippen molar-refractivity contribution >= 4 is 11.9 Å². The molecule has 0 spiro atoms. The zero-order valence-corrected chi connectivity index (χ0v) is 9.56. The highest BCUT2D eigenvalue weighted by atomic mass is 19.1. The van der Waals surface area contributed by atoms with Gasteiger partial charge >= 0.3 is 0 Å². The van der Waals surface area contributed by atoms with Crippen molar-refractivity contribution in [1.29, 1.82) is 0 Å². The summed E-state index contributed by atoms with van der Waals surface area (Å²) < 4.78 is 13.4. The number of aromatic amines is 1. The maximum atomic E-state index is 13.4. The van der Waals surface area contributed by atoms with Gasteiger partial charge in [0, 0.05) is 30.4 Å². The van der Waals surface area contributed by atoms with E-state index in [4.69, 9.17) is 5.73 Å². The van der Waals surface area contributed by atoms with Crippen LogP contribution in [0.1, 0.15) is 18.0 Å². The first-order valence-corrected chi connectivity index (χ1v) is 5.46. The molecule has 94 valence electrons. The van der Waals surface area contributed by atoms with Gasteiger partial charge in [-0.05, 0) is 6.07 Å². The average Bonchev–Trinajstić information content (AvgIpc) is 2.82. The Morgan fingerprint density at radius 1 is 1.50 bits per heavy atom. The lowest BCUT2D eigenvalue weighted by atomic mass is 10.0. The molecule has 0 saturated heterocycles. The van der Waals surface area contributed by atoms with Crippen molar-refractivity contribution < 1.29 is 9.18 Å². The number of imidazole rings is 1. The lowest BCUT2D eigenvalue weighted by molar-refractivity contribution is -0.116. The number of hydrogen-bond acceptors (Lipinski definition) is 3. The molecule has 4 N–H and O–H groups in total. The van der Waals surface area contributed by atoms with Crippen LogP contribution in [0.3, 0.4) is 0 Å². The number of hydrogen-bond donors (Lipinski definition) is 3. The average molecular weight is 248 g/mol. The molecule has 5 nitrogen and oxygen atoms in total.